The van der Waals surface area contributed by atoms with Crippen LogP contribution < -0.4 is 5.32 Å². The highest BCUT2D eigenvalue weighted by atomic mass is 16.5. The van der Waals surface area contributed by atoms with E-state index < -0.39 is 11.8 Å². The van der Waals surface area contributed by atoms with Gasteiger partial charge in [0.15, 0.2) is 0 Å². The summed E-state index contributed by atoms with van der Waals surface area (Å²) in [6.07, 6.45) is 52.6. The molecule has 2 atom stereocenters. The van der Waals surface area contributed by atoms with Crippen molar-refractivity contribution in [3.05, 3.63) is 48.6 Å². The van der Waals surface area contributed by atoms with Crippen LogP contribution in [0.15, 0.2) is 48.6 Å². The smallest absolute Gasteiger partial charge is 0.404 e. The van der Waals surface area contributed by atoms with E-state index in [9.17, 15) is 9.90 Å². The van der Waals surface area contributed by atoms with Gasteiger partial charge in [-0.05, 0) is 96.3 Å². The summed E-state index contributed by atoms with van der Waals surface area (Å²) in [5.74, 6) is 0. The van der Waals surface area contributed by atoms with Gasteiger partial charge in [0.05, 0.1) is 6.10 Å². The van der Waals surface area contributed by atoms with Crippen LogP contribution >= 0.6 is 0 Å². The molecule has 1 unspecified atom stereocenters. The first-order valence-corrected chi connectivity index (χ1v) is 23.1. The zero-order chi connectivity index (χ0) is 39.1. The lowest BCUT2D eigenvalue weighted by Gasteiger charge is -2.42. The lowest BCUT2D eigenvalue weighted by atomic mass is 9.99. The average Bonchev–Trinajstić information content (AvgIpc) is 3.65. The Morgan fingerprint density at radius 2 is 1.07 bits per heavy atom. The maximum absolute atomic E-state index is 11.3. The molecule has 6 nitrogen and oxygen atoms in total. The molecule has 6 heteroatoms. The average molecular weight is 757 g/mol. The van der Waals surface area contributed by atoms with E-state index in [0.29, 0.717) is 13.0 Å². The molecule has 0 aliphatic carbocycles. The highest BCUT2D eigenvalue weighted by Gasteiger charge is 2.41. The molecule has 0 aromatic rings. The first kappa shape index (κ1) is 50.1. The minimum absolute atomic E-state index is 0.238. The molecule has 1 rings (SSSR count). The third kappa shape index (κ3) is 29.4. The maximum atomic E-state index is 11.3. The van der Waals surface area contributed by atoms with Crippen LogP contribution in [0.2, 0.25) is 0 Å². The Labute approximate surface area is 335 Å². The van der Waals surface area contributed by atoms with Crippen molar-refractivity contribution in [3.8, 4) is 0 Å². The zero-order valence-electron chi connectivity index (χ0n) is 35.9. The summed E-state index contributed by atoms with van der Waals surface area (Å²) in [4.78, 5) is 13.8. The molecule has 2 N–H and O–H groups in total. The molecular formula is C48H88N2O4. The van der Waals surface area contributed by atoms with E-state index in [-0.39, 0.29) is 6.10 Å². The van der Waals surface area contributed by atoms with Crippen LogP contribution in [0.4, 0.5) is 4.79 Å². The van der Waals surface area contributed by atoms with Crippen molar-refractivity contribution in [2.75, 3.05) is 32.8 Å². The monoisotopic (exact) mass is 757 g/mol. The molecule has 0 spiro atoms. The molecule has 1 fully saturated rings. The van der Waals surface area contributed by atoms with E-state index in [0.717, 1.165) is 77.7 Å². The standard InChI is InChI=1S/C48H88N2O4/c1-4-7-10-12-14-16-18-20-22-24-26-28-30-32-34-36-43-53-46-38-42-50(45-46)48(39-9-6-3,40-41-49-47(51)52)54-44-37-35-33-31-29-27-25-23-21-19-17-15-13-11-8-5-2/h14-17,20-23,46,49H,4-13,18-19,24-45H2,1-3H3,(H,51,52)/b16-14+,17-15+,22-20+,23-21+/t46?,48-/m0/s1. The summed E-state index contributed by atoms with van der Waals surface area (Å²) in [6, 6.07) is 0. The molecule has 314 valence electrons. The highest BCUT2D eigenvalue weighted by molar-refractivity contribution is 5.64. The second-order valence-corrected chi connectivity index (χ2v) is 15.8. The summed E-state index contributed by atoms with van der Waals surface area (Å²) < 4.78 is 13.2. The second kappa shape index (κ2) is 38.0. The Morgan fingerprint density at radius 1 is 0.611 bits per heavy atom. The van der Waals surface area contributed by atoms with Crippen LogP contribution in [0, 0.1) is 0 Å². The Morgan fingerprint density at radius 3 is 1.57 bits per heavy atom. The van der Waals surface area contributed by atoms with E-state index in [1.54, 1.807) is 0 Å². The number of nitrogens with one attached hydrogen (secondary N) is 1. The molecule has 0 aromatic heterocycles. The summed E-state index contributed by atoms with van der Waals surface area (Å²) in [5.41, 5.74) is -0.423. The molecular weight excluding hydrogens is 669 g/mol. The van der Waals surface area contributed by atoms with Gasteiger partial charge in [-0.3, -0.25) is 4.90 Å². The second-order valence-electron chi connectivity index (χ2n) is 15.8. The van der Waals surface area contributed by atoms with Crippen LogP contribution in [-0.4, -0.2) is 60.8 Å². The van der Waals surface area contributed by atoms with Crippen LogP contribution in [-0.2, 0) is 9.47 Å². The van der Waals surface area contributed by atoms with E-state index in [1.165, 1.54) is 128 Å². The Bertz CT molecular complexity index is 947. The third-order valence-electron chi connectivity index (χ3n) is 10.8. The van der Waals surface area contributed by atoms with Crippen molar-refractivity contribution in [3.63, 3.8) is 0 Å². The molecule has 1 amide bonds. The molecule has 0 bridgehead atoms. The predicted octanol–water partition coefficient (Wildman–Crippen LogP) is 14.3. The molecule has 0 aromatic carbocycles. The Kier molecular flexibility index (Phi) is 35.3. The van der Waals surface area contributed by atoms with E-state index >= 15 is 0 Å². The number of amides is 1. The fraction of sp³-hybridized carbons (Fsp3) is 0.812. The fourth-order valence-corrected chi connectivity index (χ4v) is 7.42. The molecule has 1 aliphatic heterocycles. The molecule has 54 heavy (non-hydrogen) atoms. The lowest BCUT2D eigenvalue weighted by molar-refractivity contribution is -0.163. The van der Waals surface area contributed by atoms with Gasteiger partial charge in [0, 0.05) is 39.3 Å². The predicted molar refractivity (Wildman–Crippen MR) is 233 cm³/mol. The van der Waals surface area contributed by atoms with Gasteiger partial charge >= 0.3 is 6.09 Å². The zero-order valence-corrected chi connectivity index (χ0v) is 35.9. The maximum Gasteiger partial charge on any atom is 0.404 e. The van der Waals surface area contributed by atoms with Gasteiger partial charge in [0.25, 0.3) is 0 Å². The Hall–Kier alpha value is -1.89. The van der Waals surface area contributed by atoms with E-state index in [1.807, 2.05) is 0 Å². The summed E-state index contributed by atoms with van der Waals surface area (Å²) >= 11 is 0. The van der Waals surface area contributed by atoms with Crippen molar-refractivity contribution < 1.29 is 19.4 Å². The van der Waals surface area contributed by atoms with Crippen LogP contribution in [0.1, 0.15) is 207 Å². The number of hydrogen-bond acceptors (Lipinski definition) is 4. The Balaban J connectivity index is 2.31. The van der Waals surface area contributed by atoms with Gasteiger partial charge in [-0.15, -0.1) is 0 Å². The normalized spacial score (nSPS) is 16.5. The number of carbonyl (C=O) groups is 1. The third-order valence-corrected chi connectivity index (χ3v) is 10.8. The summed E-state index contributed by atoms with van der Waals surface area (Å²) in [5, 5.41) is 11.9. The van der Waals surface area contributed by atoms with Crippen molar-refractivity contribution >= 4 is 6.09 Å². The SMILES string of the molecule is CCCCC/C=C/C/C=C/CCCCCCCCOC1CCN([C@](CCCC)(CCNC(=O)O)OCCCCCCCC/C=C/C/C=C/CCCCC)C1. The van der Waals surface area contributed by atoms with Crippen LogP contribution in [0.25, 0.3) is 0 Å². The van der Waals surface area contributed by atoms with Crippen molar-refractivity contribution in [1.82, 2.24) is 10.2 Å². The minimum atomic E-state index is -0.958. The van der Waals surface area contributed by atoms with Crippen LogP contribution in [0.3, 0.4) is 0 Å². The van der Waals surface area contributed by atoms with Gasteiger partial charge in [-0.25, -0.2) is 4.79 Å². The van der Waals surface area contributed by atoms with Crippen molar-refractivity contribution in [2.45, 2.75) is 219 Å². The van der Waals surface area contributed by atoms with Gasteiger partial charge in [-0.2, -0.15) is 0 Å². The number of carboxylic acid groups (broad SMARTS) is 1. The lowest BCUT2D eigenvalue weighted by Crippen LogP contribution is -2.52. The van der Waals surface area contributed by atoms with Crippen molar-refractivity contribution in [2.24, 2.45) is 0 Å². The highest BCUT2D eigenvalue weighted by Crippen LogP contribution is 2.33. The first-order chi connectivity index (χ1) is 26.6. The number of hydrogen-bond donors (Lipinski definition) is 2. The van der Waals surface area contributed by atoms with Gasteiger partial charge in [-0.1, -0.05) is 153 Å². The van der Waals surface area contributed by atoms with Crippen LogP contribution in [0.5, 0.6) is 0 Å². The fourth-order valence-electron chi connectivity index (χ4n) is 7.42. The van der Waals surface area contributed by atoms with Crippen molar-refractivity contribution in [1.29, 1.82) is 0 Å². The summed E-state index contributed by atoms with van der Waals surface area (Å²) in [6.45, 7) is 10.6. The van der Waals surface area contributed by atoms with E-state index in [4.69, 9.17) is 9.47 Å². The van der Waals surface area contributed by atoms with Gasteiger partial charge < -0.3 is 19.9 Å². The first-order valence-electron chi connectivity index (χ1n) is 23.1. The molecule has 0 saturated carbocycles. The number of ether oxygens (including phenoxy) is 2. The molecule has 1 saturated heterocycles. The minimum Gasteiger partial charge on any atom is -0.465 e. The summed E-state index contributed by atoms with van der Waals surface area (Å²) in [7, 11) is 0. The number of unbranched alkanes of at least 4 members (excludes halogenated alkanes) is 19. The van der Waals surface area contributed by atoms with Gasteiger partial charge in [0.2, 0.25) is 0 Å². The molecule has 0 radical (unpaired) electrons. The van der Waals surface area contributed by atoms with Gasteiger partial charge in [0.1, 0.15) is 5.72 Å². The number of nitrogens with zero attached hydrogens (tertiary/aromatic N) is 1. The topological polar surface area (TPSA) is 71.0 Å². The number of likely N-dealkylation sites (tertiary alicyclic amines) is 1. The number of allylic oxidation sites excluding steroid dienone is 8. The molecule has 1 heterocycles. The van der Waals surface area contributed by atoms with E-state index in [2.05, 4.69) is 79.6 Å². The molecule has 1 aliphatic rings. The largest absolute Gasteiger partial charge is 0.465 e. The number of rotatable bonds is 39. The quantitative estimate of drug-likeness (QED) is 0.0483.